The SMILES string of the molecule is O=C(N1CCOCC1)N(C1CCCC1)C1CC1. The van der Waals surface area contributed by atoms with Crippen molar-refractivity contribution in [1.82, 2.24) is 9.80 Å². The van der Waals surface area contributed by atoms with E-state index in [1.165, 1.54) is 38.5 Å². The zero-order valence-electron chi connectivity index (χ0n) is 10.4. The molecule has 2 amide bonds. The third kappa shape index (κ3) is 2.41. The van der Waals surface area contributed by atoms with Crippen LogP contribution in [0.1, 0.15) is 38.5 Å². The van der Waals surface area contributed by atoms with E-state index < -0.39 is 0 Å². The Kier molecular flexibility index (Phi) is 3.23. The fraction of sp³-hybridized carbons (Fsp3) is 0.923. The molecule has 3 rings (SSSR count). The molecule has 0 N–H and O–H groups in total. The Balaban J connectivity index is 1.66. The number of urea groups is 1. The molecule has 0 spiro atoms. The van der Waals surface area contributed by atoms with E-state index in [9.17, 15) is 4.79 Å². The fourth-order valence-corrected chi connectivity index (χ4v) is 3.06. The summed E-state index contributed by atoms with van der Waals surface area (Å²) in [5.41, 5.74) is 0. The van der Waals surface area contributed by atoms with Crippen molar-refractivity contribution in [3.63, 3.8) is 0 Å². The summed E-state index contributed by atoms with van der Waals surface area (Å²) in [4.78, 5) is 16.8. The van der Waals surface area contributed by atoms with Crippen LogP contribution in [-0.4, -0.2) is 54.2 Å². The van der Waals surface area contributed by atoms with Gasteiger partial charge < -0.3 is 14.5 Å². The van der Waals surface area contributed by atoms with Gasteiger partial charge in [-0.2, -0.15) is 0 Å². The highest BCUT2D eigenvalue weighted by atomic mass is 16.5. The van der Waals surface area contributed by atoms with Crippen molar-refractivity contribution in [2.24, 2.45) is 0 Å². The topological polar surface area (TPSA) is 32.8 Å². The Bertz CT molecular complexity index is 279. The highest BCUT2D eigenvalue weighted by Crippen LogP contribution is 2.35. The van der Waals surface area contributed by atoms with Gasteiger partial charge in [-0.1, -0.05) is 12.8 Å². The van der Waals surface area contributed by atoms with Crippen LogP contribution in [0.25, 0.3) is 0 Å². The molecular formula is C13H22N2O2. The lowest BCUT2D eigenvalue weighted by Crippen LogP contribution is -2.51. The molecule has 4 nitrogen and oxygen atoms in total. The molecule has 0 bridgehead atoms. The van der Waals surface area contributed by atoms with Gasteiger partial charge >= 0.3 is 6.03 Å². The lowest BCUT2D eigenvalue weighted by molar-refractivity contribution is 0.0383. The van der Waals surface area contributed by atoms with Gasteiger partial charge in [-0.15, -0.1) is 0 Å². The second-order valence-electron chi connectivity index (χ2n) is 5.46. The summed E-state index contributed by atoms with van der Waals surface area (Å²) in [6, 6.07) is 1.36. The Morgan fingerprint density at radius 3 is 2.18 bits per heavy atom. The van der Waals surface area contributed by atoms with E-state index in [0.29, 0.717) is 25.3 Å². The zero-order valence-corrected chi connectivity index (χ0v) is 10.4. The molecule has 1 saturated heterocycles. The van der Waals surface area contributed by atoms with Crippen LogP contribution in [0, 0.1) is 0 Å². The quantitative estimate of drug-likeness (QED) is 0.735. The van der Waals surface area contributed by atoms with Gasteiger partial charge in [0.1, 0.15) is 0 Å². The van der Waals surface area contributed by atoms with Crippen molar-refractivity contribution in [2.75, 3.05) is 26.3 Å². The first kappa shape index (κ1) is 11.3. The number of hydrogen-bond acceptors (Lipinski definition) is 2. The first-order valence-corrected chi connectivity index (χ1v) is 7.01. The molecular weight excluding hydrogens is 216 g/mol. The lowest BCUT2D eigenvalue weighted by atomic mass is 10.2. The average molecular weight is 238 g/mol. The number of amides is 2. The van der Waals surface area contributed by atoms with Crippen molar-refractivity contribution >= 4 is 6.03 Å². The third-order valence-electron chi connectivity index (χ3n) is 4.16. The Morgan fingerprint density at radius 1 is 1.00 bits per heavy atom. The summed E-state index contributed by atoms with van der Waals surface area (Å²) in [5.74, 6) is 0. The number of hydrogen-bond donors (Lipinski definition) is 0. The van der Waals surface area contributed by atoms with Crippen LogP contribution in [0.5, 0.6) is 0 Å². The predicted octanol–water partition coefficient (Wildman–Crippen LogP) is 1.85. The van der Waals surface area contributed by atoms with E-state index in [4.69, 9.17) is 4.74 Å². The van der Waals surface area contributed by atoms with Crippen LogP contribution in [0.2, 0.25) is 0 Å². The molecule has 0 unspecified atom stereocenters. The van der Waals surface area contributed by atoms with Crippen LogP contribution >= 0.6 is 0 Å². The van der Waals surface area contributed by atoms with E-state index in [2.05, 4.69) is 4.90 Å². The van der Waals surface area contributed by atoms with Gasteiger partial charge in [-0.25, -0.2) is 4.79 Å². The van der Waals surface area contributed by atoms with Crippen LogP contribution in [-0.2, 0) is 4.74 Å². The van der Waals surface area contributed by atoms with Gasteiger partial charge in [0.2, 0.25) is 0 Å². The van der Waals surface area contributed by atoms with Crippen molar-refractivity contribution in [1.29, 1.82) is 0 Å². The van der Waals surface area contributed by atoms with Crippen LogP contribution in [0.3, 0.4) is 0 Å². The van der Waals surface area contributed by atoms with E-state index in [-0.39, 0.29) is 6.03 Å². The molecule has 0 aromatic heterocycles. The van der Waals surface area contributed by atoms with Crippen molar-refractivity contribution in [2.45, 2.75) is 50.6 Å². The van der Waals surface area contributed by atoms with Crippen LogP contribution in [0.4, 0.5) is 4.79 Å². The zero-order chi connectivity index (χ0) is 11.7. The van der Waals surface area contributed by atoms with E-state index in [0.717, 1.165) is 13.1 Å². The van der Waals surface area contributed by atoms with E-state index >= 15 is 0 Å². The molecule has 0 aromatic rings. The monoisotopic (exact) mass is 238 g/mol. The molecule has 2 saturated carbocycles. The second kappa shape index (κ2) is 4.84. The molecule has 0 atom stereocenters. The summed E-state index contributed by atoms with van der Waals surface area (Å²) >= 11 is 0. The Hall–Kier alpha value is -0.770. The molecule has 17 heavy (non-hydrogen) atoms. The number of carbonyl (C=O) groups excluding carboxylic acids is 1. The maximum Gasteiger partial charge on any atom is 0.320 e. The standard InChI is InChI=1S/C13H22N2O2/c16-13(14-7-9-17-10-8-14)15(12-5-6-12)11-3-1-2-4-11/h11-12H,1-10H2. The number of ether oxygens (including phenoxy) is 1. The number of morpholine rings is 1. The summed E-state index contributed by atoms with van der Waals surface area (Å²) in [6.07, 6.45) is 7.45. The third-order valence-corrected chi connectivity index (χ3v) is 4.16. The van der Waals surface area contributed by atoms with E-state index in [1.54, 1.807) is 0 Å². The maximum absolute atomic E-state index is 12.6. The first-order chi connectivity index (χ1) is 8.36. The van der Waals surface area contributed by atoms with E-state index in [1.807, 2.05) is 4.90 Å². The van der Waals surface area contributed by atoms with Gasteiger partial charge in [-0.05, 0) is 25.7 Å². The fourth-order valence-electron chi connectivity index (χ4n) is 3.06. The van der Waals surface area contributed by atoms with Crippen LogP contribution in [0.15, 0.2) is 0 Å². The van der Waals surface area contributed by atoms with Crippen molar-refractivity contribution in [3.8, 4) is 0 Å². The number of rotatable bonds is 2. The highest BCUT2D eigenvalue weighted by molar-refractivity contribution is 5.75. The minimum atomic E-state index is 0.280. The Morgan fingerprint density at radius 2 is 1.59 bits per heavy atom. The summed E-state index contributed by atoms with van der Waals surface area (Å²) in [6.45, 7) is 2.95. The normalized spacial score (nSPS) is 26.2. The molecule has 1 aliphatic heterocycles. The molecule has 4 heteroatoms. The minimum absolute atomic E-state index is 0.280. The summed E-state index contributed by atoms with van der Waals surface area (Å²) in [5, 5.41) is 0. The first-order valence-electron chi connectivity index (χ1n) is 7.01. The minimum Gasteiger partial charge on any atom is -0.378 e. The molecule has 3 fully saturated rings. The number of nitrogens with zero attached hydrogens (tertiary/aromatic N) is 2. The summed E-state index contributed by atoms with van der Waals surface area (Å²) < 4.78 is 5.32. The van der Waals surface area contributed by atoms with Crippen molar-refractivity contribution in [3.05, 3.63) is 0 Å². The van der Waals surface area contributed by atoms with Gasteiger partial charge in [-0.3, -0.25) is 0 Å². The second-order valence-corrected chi connectivity index (χ2v) is 5.46. The maximum atomic E-state index is 12.6. The van der Waals surface area contributed by atoms with Gasteiger partial charge in [0.15, 0.2) is 0 Å². The predicted molar refractivity (Wildman–Crippen MR) is 64.9 cm³/mol. The lowest BCUT2D eigenvalue weighted by Gasteiger charge is -2.36. The molecule has 2 aliphatic carbocycles. The van der Waals surface area contributed by atoms with Gasteiger partial charge in [0.05, 0.1) is 13.2 Å². The largest absolute Gasteiger partial charge is 0.378 e. The molecule has 0 aromatic carbocycles. The summed E-state index contributed by atoms with van der Waals surface area (Å²) in [7, 11) is 0. The molecule has 96 valence electrons. The van der Waals surface area contributed by atoms with Crippen LogP contribution < -0.4 is 0 Å². The molecule has 0 radical (unpaired) electrons. The highest BCUT2D eigenvalue weighted by Gasteiger charge is 2.40. The smallest absolute Gasteiger partial charge is 0.320 e. The van der Waals surface area contributed by atoms with Gasteiger partial charge in [0, 0.05) is 25.2 Å². The number of carbonyl (C=O) groups is 1. The van der Waals surface area contributed by atoms with Gasteiger partial charge in [0.25, 0.3) is 0 Å². The van der Waals surface area contributed by atoms with Crippen molar-refractivity contribution < 1.29 is 9.53 Å². The molecule has 1 heterocycles. The Labute approximate surface area is 103 Å². The average Bonchev–Trinajstić information content (AvgIpc) is 3.05. The molecule has 3 aliphatic rings.